The molecule has 4 nitrogen and oxygen atoms in total. The fourth-order valence-corrected chi connectivity index (χ4v) is 2.88. The van der Waals surface area contributed by atoms with Gasteiger partial charge in [-0.3, -0.25) is 0 Å². The molecule has 0 amide bonds. The van der Waals surface area contributed by atoms with Gasteiger partial charge in [0.15, 0.2) is 11.5 Å². The Bertz CT molecular complexity index is 902. The maximum atomic E-state index is 6.10. The lowest BCUT2D eigenvalue weighted by Crippen LogP contribution is -2.15. The van der Waals surface area contributed by atoms with Crippen LogP contribution >= 0.6 is 0 Å². The number of fused-ring (bicyclic) bond motifs is 2. The van der Waals surface area contributed by atoms with Crippen molar-refractivity contribution in [3.8, 4) is 28.6 Å². The van der Waals surface area contributed by atoms with E-state index in [-0.39, 0.29) is 0 Å². The van der Waals surface area contributed by atoms with Crippen molar-refractivity contribution in [1.29, 1.82) is 0 Å². The summed E-state index contributed by atoms with van der Waals surface area (Å²) in [5.74, 6) is 3.08. The number of hydrogen-bond acceptors (Lipinski definition) is 3. The second-order valence-corrected chi connectivity index (χ2v) is 5.77. The van der Waals surface area contributed by atoms with E-state index in [2.05, 4.69) is 13.0 Å². The van der Waals surface area contributed by atoms with E-state index in [1.54, 1.807) is 0 Å². The van der Waals surface area contributed by atoms with Crippen LogP contribution in [0.1, 0.15) is 12.5 Å². The molecule has 0 N–H and O–H groups in total. The van der Waals surface area contributed by atoms with Gasteiger partial charge in [-0.2, -0.15) is 0 Å². The molecular weight excluding hydrogens is 304 g/mol. The molecule has 1 aromatic heterocycles. The van der Waals surface area contributed by atoms with Crippen LogP contribution in [0.3, 0.4) is 0 Å². The predicted molar refractivity (Wildman–Crippen MR) is 93.0 cm³/mol. The second-order valence-electron chi connectivity index (χ2n) is 5.77. The highest BCUT2D eigenvalue weighted by atomic mass is 16.6. The van der Waals surface area contributed by atoms with Crippen LogP contribution < -0.4 is 14.2 Å². The fourth-order valence-electron chi connectivity index (χ4n) is 2.88. The SMILES string of the molecule is CCOc1cc(-c2ccc3c(c2)OCCO3)[o+]c2ccc(C)cc12. The van der Waals surface area contributed by atoms with E-state index in [1.807, 2.05) is 43.3 Å². The smallest absolute Gasteiger partial charge is 0.364 e. The first-order chi connectivity index (χ1) is 11.7. The standard InChI is InChI=1S/C20H19O4/c1-3-21-19-12-18(24-16-6-4-13(2)10-15(16)19)14-5-7-17-20(11-14)23-9-8-22-17/h4-7,10-12H,3,8-9H2,1-2H3/q+1. The Labute approximate surface area is 140 Å². The van der Waals surface area contributed by atoms with E-state index in [4.69, 9.17) is 18.6 Å². The quantitative estimate of drug-likeness (QED) is 0.645. The molecule has 0 radical (unpaired) electrons. The Hall–Kier alpha value is -2.75. The minimum atomic E-state index is 0.564. The summed E-state index contributed by atoms with van der Waals surface area (Å²) >= 11 is 0. The average molecular weight is 323 g/mol. The third-order valence-electron chi connectivity index (χ3n) is 4.01. The first-order valence-corrected chi connectivity index (χ1v) is 8.15. The molecule has 4 rings (SSSR count). The maximum absolute atomic E-state index is 6.10. The van der Waals surface area contributed by atoms with Crippen LogP contribution in [0, 0.1) is 6.92 Å². The first-order valence-electron chi connectivity index (χ1n) is 8.15. The lowest BCUT2D eigenvalue weighted by atomic mass is 10.1. The summed E-state index contributed by atoms with van der Waals surface area (Å²) in [5, 5.41) is 0.984. The minimum absolute atomic E-state index is 0.564. The Morgan fingerprint density at radius 3 is 2.67 bits per heavy atom. The zero-order chi connectivity index (χ0) is 16.5. The fraction of sp³-hybridized carbons (Fsp3) is 0.250. The summed E-state index contributed by atoms with van der Waals surface area (Å²) in [6, 6.07) is 13.9. The highest BCUT2D eigenvalue weighted by Gasteiger charge is 2.22. The zero-order valence-electron chi connectivity index (χ0n) is 13.8. The molecule has 0 unspecified atom stereocenters. The molecule has 24 heavy (non-hydrogen) atoms. The number of benzene rings is 2. The molecule has 0 spiro atoms. The van der Waals surface area contributed by atoms with Crippen molar-refractivity contribution in [2.45, 2.75) is 13.8 Å². The van der Waals surface area contributed by atoms with Gasteiger partial charge < -0.3 is 14.2 Å². The molecule has 0 fully saturated rings. The van der Waals surface area contributed by atoms with E-state index in [1.165, 1.54) is 5.56 Å². The van der Waals surface area contributed by atoms with Gasteiger partial charge in [0.25, 0.3) is 0 Å². The Morgan fingerprint density at radius 1 is 1.00 bits per heavy atom. The van der Waals surface area contributed by atoms with Gasteiger partial charge in [0.2, 0.25) is 0 Å². The Morgan fingerprint density at radius 2 is 1.83 bits per heavy atom. The number of ether oxygens (including phenoxy) is 3. The van der Waals surface area contributed by atoms with E-state index in [0.29, 0.717) is 19.8 Å². The zero-order valence-corrected chi connectivity index (χ0v) is 13.8. The van der Waals surface area contributed by atoms with E-state index >= 15 is 0 Å². The van der Waals surface area contributed by atoms with Crippen LogP contribution in [0.2, 0.25) is 0 Å². The molecule has 4 heteroatoms. The Kier molecular flexibility index (Phi) is 3.73. The van der Waals surface area contributed by atoms with Crippen molar-refractivity contribution in [2.24, 2.45) is 0 Å². The summed E-state index contributed by atoms with van der Waals surface area (Å²) in [6.07, 6.45) is 0. The largest absolute Gasteiger partial charge is 0.493 e. The predicted octanol–water partition coefficient (Wildman–Crippen LogP) is 4.86. The minimum Gasteiger partial charge on any atom is -0.493 e. The first kappa shape index (κ1) is 14.8. The topological polar surface area (TPSA) is 39.0 Å². The Balaban J connectivity index is 1.86. The average Bonchev–Trinajstić information content (AvgIpc) is 2.62. The summed E-state index contributed by atoms with van der Waals surface area (Å²) in [5.41, 5.74) is 2.91. The van der Waals surface area contributed by atoms with Crippen molar-refractivity contribution in [3.63, 3.8) is 0 Å². The van der Waals surface area contributed by atoms with Gasteiger partial charge in [0, 0.05) is 12.1 Å². The molecule has 2 heterocycles. The van der Waals surface area contributed by atoms with Crippen LogP contribution in [-0.4, -0.2) is 19.8 Å². The molecule has 122 valence electrons. The molecular formula is C20H19O4+. The van der Waals surface area contributed by atoms with Crippen molar-refractivity contribution >= 4 is 11.0 Å². The van der Waals surface area contributed by atoms with E-state index in [9.17, 15) is 0 Å². The van der Waals surface area contributed by atoms with Gasteiger partial charge in [-0.05, 0) is 43.7 Å². The number of aryl methyl sites for hydroxylation is 1. The maximum Gasteiger partial charge on any atom is 0.364 e. The van der Waals surface area contributed by atoms with E-state index in [0.717, 1.165) is 39.5 Å². The number of rotatable bonds is 3. The molecule has 0 atom stereocenters. The van der Waals surface area contributed by atoms with Crippen LogP contribution in [0.25, 0.3) is 22.3 Å². The van der Waals surface area contributed by atoms with Gasteiger partial charge in [0.1, 0.15) is 24.3 Å². The van der Waals surface area contributed by atoms with Crippen LogP contribution in [0.5, 0.6) is 17.2 Å². The third kappa shape index (κ3) is 2.64. The van der Waals surface area contributed by atoms with Gasteiger partial charge in [-0.1, -0.05) is 0 Å². The summed E-state index contributed by atoms with van der Waals surface area (Å²) in [4.78, 5) is 0. The molecule has 0 saturated heterocycles. The summed E-state index contributed by atoms with van der Waals surface area (Å²) < 4.78 is 23.2. The van der Waals surface area contributed by atoms with Gasteiger partial charge in [-0.25, -0.2) is 4.42 Å². The monoisotopic (exact) mass is 323 g/mol. The molecule has 1 aliphatic heterocycles. The van der Waals surface area contributed by atoms with Crippen molar-refractivity contribution in [2.75, 3.05) is 19.8 Å². The second kappa shape index (κ2) is 6.04. The summed E-state index contributed by atoms with van der Waals surface area (Å²) in [7, 11) is 0. The molecule has 1 aliphatic rings. The van der Waals surface area contributed by atoms with Gasteiger partial charge in [-0.15, -0.1) is 0 Å². The van der Waals surface area contributed by atoms with Crippen LogP contribution in [0.4, 0.5) is 0 Å². The molecule has 0 aliphatic carbocycles. The highest BCUT2D eigenvalue weighted by molar-refractivity contribution is 5.86. The van der Waals surface area contributed by atoms with Crippen molar-refractivity contribution in [3.05, 3.63) is 48.0 Å². The normalized spacial score (nSPS) is 13.1. The highest BCUT2D eigenvalue weighted by Crippen LogP contribution is 2.38. The lowest BCUT2D eigenvalue weighted by Gasteiger charge is -2.18. The molecule has 2 aromatic carbocycles. The van der Waals surface area contributed by atoms with Crippen molar-refractivity contribution < 1.29 is 18.6 Å². The molecule has 0 saturated carbocycles. The van der Waals surface area contributed by atoms with Crippen LogP contribution in [-0.2, 0) is 0 Å². The lowest BCUT2D eigenvalue weighted by molar-refractivity contribution is 0.171. The molecule has 3 aromatic rings. The van der Waals surface area contributed by atoms with Crippen LogP contribution in [0.15, 0.2) is 46.9 Å². The number of hydrogen-bond donors (Lipinski definition) is 0. The van der Waals surface area contributed by atoms with E-state index < -0.39 is 0 Å². The molecule has 0 bridgehead atoms. The summed E-state index contributed by atoms with van der Waals surface area (Å²) in [6.45, 7) is 5.79. The third-order valence-corrected chi connectivity index (χ3v) is 4.01. The van der Waals surface area contributed by atoms with Gasteiger partial charge in [0.05, 0.1) is 18.2 Å². The van der Waals surface area contributed by atoms with Gasteiger partial charge >= 0.3 is 11.3 Å². The van der Waals surface area contributed by atoms with Crippen molar-refractivity contribution in [1.82, 2.24) is 0 Å².